The zero-order valence-electron chi connectivity index (χ0n) is 11.9. The Morgan fingerprint density at radius 1 is 1.30 bits per heavy atom. The maximum absolute atomic E-state index is 14.0. The van der Waals surface area contributed by atoms with E-state index >= 15 is 0 Å². The number of carbonyl (C=O) groups is 1. The third-order valence-corrected chi connectivity index (χ3v) is 3.69. The maximum atomic E-state index is 14.0. The molecule has 0 atom stereocenters. The van der Waals surface area contributed by atoms with Gasteiger partial charge < -0.3 is 5.73 Å². The normalized spacial score (nSPS) is 10.9. The van der Waals surface area contributed by atoms with Gasteiger partial charge in [0, 0.05) is 21.7 Å². The topological polar surface area (TPSA) is 99.0 Å². The molecule has 3 aromatic rings. The molecule has 0 saturated heterocycles. The van der Waals surface area contributed by atoms with Gasteiger partial charge in [-0.3, -0.25) is 14.9 Å². The summed E-state index contributed by atoms with van der Waals surface area (Å²) in [4.78, 5) is 11.9. The van der Waals surface area contributed by atoms with Gasteiger partial charge in [0.05, 0.1) is 12.1 Å². The number of aromatic nitrogens is 2. The molecule has 0 radical (unpaired) electrons. The molecule has 0 aliphatic carbocycles. The summed E-state index contributed by atoms with van der Waals surface area (Å²) in [6.45, 7) is 0.126. The van der Waals surface area contributed by atoms with E-state index in [2.05, 4.69) is 5.10 Å². The van der Waals surface area contributed by atoms with Crippen LogP contribution in [0.4, 0.5) is 10.1 Å². The van der Waals surface area contributed by atoms with Crippen LogP contribution in [0.15, 0.2) is 36.4 Å². The van der Waals surface area contributed by atoms with Crippen molar-refractivity contribution in [3.05, 3.63) is 58.5 Å². The van der Waals surface area contributed by atoms with Gasteiger partial charge in [0.1, 0.15) is 5.82 Å². The van der Waals surface area contributed by atoms with Gasteiger partial charge in [0.2, 0.25) is 0 Å². The minimum Gasteiger partial charge on any atom is -0.399 e. The molecule has 1 aromatic heterocycles. The molecule has 0 unspecified atom stereocenters. The minimum absolute atomic E-state index is 0.126. The average Bonchev–Trinajstić information content (AvgIpc) is 2.87. The minimum atomic E-state index is -0.532. The summed E-state index contributed by atoms with van der Waals surface area (Å²) in [5, 5.41) is 5.12. The van der Waals surface area contributed by atoms with Gasteiger partial charge in [-0.1, -0.05) is 17.7 Å². The van der Waals surface area contributed by atoms with Crippen molar-refractivity contribution in [3.63, 3.8) is 0 Å². The Hall–Kier alpha value is -2.64. The first-order valence-corrected chi connectivity index (χ1v) is 7.08. The number of amides is 1. The molecule has 5 N–H and O–H groups in total. The number of carbonyl (C=O) groups excluding carboxylic acids is 1. The maximum Gasteiger partial charge on any atom is 0.286 e. The number of benzene rings is 2. The van der Waals surface area contributed by atoms with Gasteiger partial charge in [0.15, 0.2) is 5.69 Å². The van der Waals surface area contributed by atoms with Gasteiger partial charge in [0.25, 0.3) is 5.91 Å². The number of hydrogen-bond donors (Lipinski definition) is 3. The molecule has 2 aromatic carbocycles. The van der Waals surface area contributed by atoms with Gasteiger partial charge in [-0.05, 0) is 30.3 Å². The molecule has 3 rings (SSSR count). The molecular weight excluding hydrogens is 321 g/mol. The molecule has 23 heavy (non-hydrogen) atoms. The lowest BCUT2D eigenvalue weighted by Crippen LogP contribution is -2.30. The lowest BCUT2D eigenvalue weighted by Gasteiger charge is -2.06. The average molecular weight is 334 g/mol. The summed E-state index contributed by atoms with van der Waals surface area (Å²) >= 11 is 5.75. The predicted octanol–water partition coefficient (Wildman–Crippen LogP) is 2.06. The number of halogens is 2. The van der Waals surface area contributed by atoms with Crippen LogP contribution >= 0.6 is 11.6 Å². The second-order valence-corrected chi connectivity index (χ2v) is 5.43. The molecule has 0 fully saturated rings. The number of nitrogen functional groups attached to an aromatic ring is 2. The van der Waals surface area contributed by atoms with Crippen molar-refractivity contribution in [1.82, 2.24) is 15.2 Å². The van der Waals surface area contributed by atoms with Crippen LogP contribution in [0.2, 0.25) is 5.02 Å². The number of nitrogens with one attached hydrogen (secondary N) is 1. The fourth-order valence-electron chi connectivity index (χ4n) is 2.36. The highest BCUT2D eigenvalue weighted by atomic mass is 35.5. The zero-order valence-corrected chi connectivity index (χ0v) is 12.6. The van der Waals surface area contributed by atoms with Crippen molar-refractivity contribution >= 4 is 34.1 Å². The lowest BCUT2D eigenvalue weighted by atomic mass is 10.1. The Labute approximate surface area is 135 Å². The highest BCUT2D eigenvalue weighted by molar-refractivity contribution is 6.30. The van der Waals surface area contributed by atoms with E-state index in [1.54, 1.807) is 30.3 Å². The van der Waals surface area contributed by atoms with Crippen LogP contribution < -0.4 is 17.0 Å². The van der Waals surface area contributed by atoms with Crippen LogP contribution in [0, 0.1) is 5.82 Å². The Balaban J connectivity index is 2.13. The van der Waals surface area contributed by atoms with Crippen LogP contribution in [0.3, 0.4) is 0 Å². The number of anilines is 1. The van der Waals surface area contributed by atoms with E-state index in [-0.39, 0.29) is 12.2 Å². The summed E-state index contributed by atoms with van der Waals surface area (Å²) in [5.74, 6) is 4.20. The van der Waals surface area contributed by atoms with Crippen molar-refractivity contribution < 1.29 is 9.18 Å². The summed E-state index contributed by atoms with van der Waals surface area (Å²) in [6.07, 6.45) is 0. The van der Waals surface area contributed by atoms with Crippen molar-refractivity contribution in [3.8, 4) is 0 Å². The fraction of sp³-hybridized carbons (Fsp3) is 0.0667. The van der Waals surface area contributed by atoms with Crippen LogP contribution in [0.5, 0.6) is 0 Å². The first-order valence-electron chi connectivity index (χ1n) is 6.70. The number of nitrogens with zero attached hydrogens (tertiary/aromatic N) is 2. The predicted molar refractivity (Wildman–Crippen MR) is 86.3 cm³/mol. The number of hydrogen-bond acceptors (Lipinski definition) is 4. The van der Waals surface area contributed by atoms with Crippen molar-refractivity contribution in [2.24, 2.45) is 5.84 Å². The first-order chi connectivity index (χ1) is 11.0. The molecule has 1 heterocycles. The Kier molecular flexibility index (Phi) is 3.89. The van der Waals surface area contributed by atoms with E-state index in [0.29, 0.717) is 27.2 Å². The van der Waals surface area contributed by atoms with Gasteiger partial charge in [-0.15, -0.1) is 0 Å². The van der Waals surface area contributed by atoms with E-state index in [1.807, 2.05) is 5.43 Å². The third kappa shape index (κ3) is 2.84. The third-order valence-electron chi connectivity index (χ3n) is 3.46. The molecule has 1 amide bonds. The van der Waals surface area contributed by atoms with E-state index in [0.717, 1.165) is 0 Å². The van der Waals surface area contributed by atoms with E-state index in [1.165, 1.54) is 10.7 Å². The lowest BCUT2D eigenvalue weighted by molar-refractivity contribution is 0.0949. The molecule has 0 aliphatic rings. The Bertz CT molecular complexity index is 908. The summed E-state index contributed by atoms with van der Waals surface area (Å²) < 4.78 is 15.5. The highest BCUT2D eigenvalue weighted by Gasteiger charge is 2.17. The molecule has 0 aliphatic heterocycles. The van der Waals surface area contributed by atoms with Crippen molar-refractivity contribution in [2.75, 3.05) is 5.73 Å². The molecular formula is C15H13ClFN5O. The molecule has 8 heteroatoms. The smallest absolute Gasteiger partial charge is 0.286 e. The van der Waals surface area contributed by atoms with Gasteiger partial charge in [-0.2, -0.15) is 5.10 Å². The summed E-state index contributed by atoms with van der Waals surface area (Å²) in [6, 6.07) is 9.39. The van der Waals surface area contributed by atoms with E-state index < -0.39 is 11.7 Å². The SMILES string of the molecule is NNC(=O)c1nn(Cc2ccc(Cl)cc2F)c2cc(N)ccc12. The fourth-order valence-corrected chi connectivity index (χ4v) is 2.52. The monoisotopic (exact) mass is 333 g/mol. The number of nitrogens with two attached hydrogens (primary N) is 2. The van der Waals surface area contributed by atoms with Crippen LogP contribution in [0.1, 0.15) is 16.1 Å². The Morgan fingerprint density at radius 3 is 2.78 bits per heavy atom. The van der Waals surface area contributed by atoms with Crippen molar-refractivity contribution in [1.29, 1.82) is 0 Å². The largest absolute Gasteiger partial charge is 0.399 e. The van der Waals surface area contributed by atoms with Crippen LogP contribution in [-0.4, -0.2) is 15.7 Å². The zero-order chi connectivity index (χ0) is 16.6. The van der Waals surface area contributed by atoms with Crippen LogP contribution in [-0.2, 0) is 6.54 Å². The van der Waals surface area contributed by atoms with Gasteiger partial charge >= 0.3 is 0 Å². The quantitative estimate of drug-likeness (QED) is 0.296. The summed E-state index contributed by atoms with van der Waals surface area (Å²) in [5.41, 5.74) is 9.50. The molecule has 6 nitrogen and oxygen atoms in total. The molecule has 0 spiro atoms. The second kappa shape index (κ2) is 5.86. The van der Waals surface area contributed by atoms with E-state index in [4.69, 9.17) is 23.2 Å². The van der Waals surface area contributed by atoms with E-state index in [9.17, 15) is 9.18 Å². The summed E-state index contributed by atoms with van der Waals surface area (Å²) in [7, 11) is 0. The highest BCUT2D eigenvalue weighted by Crippen LogP contribution is 2.23. The second-order valence-electron chi connectivity index (χ2n) is 4.99. The first kappa shape index (κ1) is 15.3. The number of hydrazine groups is 1. The number of fused-ring (bicyclic) bond motifs is 1. The Morgan fingerprint density at radius 2 is 2.09 bits per heavy atom. The van der Waals surface area contributed by atoms with Crippen molar-refractivity contribution in [2.45, 2.75) is 6.54 Å². The standard InChI is InChI=1S/C15H13ClFN5O/c16-9-2-1-8(12(17)5-9)7-22-13-6-10(18)3-4-11(13)14(21-22)15(23)20-19/h1-6H,7,18-19H2,(H,20,23). The van der Waals surface area contributed by atoms with Gasteiger partial charge in [-0.25, -0.2) is 10.2 Å². The molecule has 0 bridgehead atoms. The molecule has 118 valence electrons. The van der Waals surface area contributed by atoms with Crippen LogP contribution in [0.25, 0.3) is 10.9 Å². The molecule has 0 saturated carbocycles. The number of rotatable bonds is 3.